The molecule has 1 N–H and O–H groups in total. The maximum absolute atomic E-state index is 12.8. The van der Waals surface area contributed by atoms with Gasteiger partial charge in [0.25, 0.3) is 11.8 Å². The Kier molecular flexibility index (Phi) is 19.7. The van der Waals surface area contributed by atoms with Gasteiger partial charge in [0.1, 0.15) is 13.2 Å². The monoisotopic (exact) mass is 738 g/mol. The second-order valence-electron chi connectivity index (χ2n) is 12.2. The molecule has 1 fully saturated rings. The number of rotatable bonds is 6. The van der Waals surface area contributed by atoms with Gasteiger partial charge in [0.05, 0.1) is 79.3 Å². The Balaban J connectivity index is 1.39. The fourth-order valence-corrected chi connectivity index (χ4v) is 5.34. The molecule has 4 rings (SSSR count). The van der Waals surface area contributed by atoms with Crippen molar-refractivity contribution in [3.8, 4) is 11.5 Å². The predicted octanol–water partition coefficient (Wildman–Crippen LogP) is 0.891. The number of nitrogens with zero attached hydrogens (tertiary/aromatic N) is 3. The summed E-state index contributed by atoms with van der Waals surface area (Å²) >= 11 is 0. The van der Waals surface area contributed by atoms with Gasteiger partial charge in [0.2, 0.25) is 5.91 Å². The van der Waals surface area contributed by atoms with E-state index in [4.69, 9.17) is 42.7 Å². The first-order valence-corrected chi connectivity index (χ1v) is 18.1. The number of carbonyl (C=O) groups excluding carboxylic acids is 4. The van der Waals surface area contributed by atoms with Crippen LogP contribution in [-0.4, -0.2) is 170 Å². The molecule has 1 aromatic carbocycles. The van der Waals surface area contributed by atoms with Gasteiger partial charge in [-0.1, -0.05) is 0 Å². The molecule has 1 aromatic rings. The highest BCUT2D eigenvalue weighted by atomic mass is 16.7. The van der Waals surface area contributed by atoms with E-state index in [2.05, 4.69) is 15.1 Å². The number of hydrogen-bond donors (Lipinski definition) is 1. The standard InChI is InChI=1S/C35H54N4O13/c40-32(2-1-3-35(43)52-39-33(41)6-7-34(39)42)36-29-4-5-30-31(28-29)51-19-13-38-10-16-46-22-26-48-24-20-44-14-8-37(12-18-50-30)9-15-45-21-25-49-27-23-47-17-11-38/h4-5,28H,1-3,6-27H2,(H,36,40). The van der Waals surface area contributed by atoms with E-state index in [-0.39, 0.29) is 38.0 Å². The van der Waals surface area contributed by atoms with Gasteiger partial charge < -0.3 is 48.0 Å². The Bertz CT molecular complexity index is 1200. The number of amides is 3. The molecule has 0 radical (unpaired) electrons. The summed E-state index contributed by atoms with van der Waals surface area (Å²) in [6, 6.07) is 5.20. The number of hydrogen-bond acceptors (Lipinski definition) is 15. The number of imide groups is 1. The van der Waals surface area contributed by atoms with Crippen LogP contribution in [0.1, 0.15) is 32.1 Å². The number of nitrogens with one attached hydrogen (secondary N) is 1. The summed E-state index contributed by atoms with van der Waals surface area (Å²) < 4.78 is 47.0. The zero-order valence-electron chi connectivity index (χ0n) is 30.1. The lowest BCUT2D eigenvalue weighted by molar-refractivity contribution is -0.197. The second-order valence-corrected chi connectivity index (χ2v) is 12.2. The van der Waals surface area contributed by atoms with E-state index < -0.39 is 17.8 Å². The molecule has 3 amide bonds. The first-order chi connectivity index (χ1) is 25.5. The Hall–Kier alpha value is -3.42. The molecule has 0 spiro atoms. The average Bonchev–Trinajstić information content (AvgIpc) is 3.44. The van der Waals surface area contributed by atoms with E-state index in [0.717, 1.165) is 0 Å². The van der Waals surface area contributed by atoms with Gasteiger partial charge in [0.15, 0.2) is 11.5 Å². The molecule has 52 heavy (non-hydrogen) atoms. The molecule has 0 aromatic heterocycles. The minimum atomic E-state index is -0.750. The quantitative estimate of drug-likeness (QED) is 0.408. The second kappa shape index (κ2) is 24.8. The fraction of sp³-hybridized carbons (Fsp3) is 0.714. The van der Waals surface area contributed by atoms with Gasteiger partial charge in [-0.25, -0.2) is 4.79 Å². The number of carbonyl (C=O) groups is 4. The lowest BCUT2D eigenvalue weighted by Gasteiger charge is -2.23. The summed E-state index contributed by atoms with van der Waals surface area (Å²) in [5.74, 6) is -1.17. The number of ether oxygens (including phenoxy) is 8. The molecule has 0 unspecified atom stereocenters. The smallest absolute Gasteiger partial charge is 0.333 e. The van der Waals surface area contributed by atoms with E-state index in [1.165, 1.54) is 0 Å². The Morgan fingerprint density at radius 1 is 0.577 bits per heavy atom. The van der Waals surface area contributed by atoms with Crippen molar-refractivity contribution in [1.82, 2.24) is 14.9 Å². The van der Waals surface area contributed by atoms with Crippen LogP contribution in [0.2, 0.25) is 0 Å². The molecule has 0 atom stereocenters. The molecule has 2 bridgehead atoms. The highest BCUT2D eigenvalue weighted by Gasteiger charge is 2.32. The molecule has 3 heterocycles. The first kappa shape index (κ1) is 41.3. The molecule has 17 heteroatoms. The third kappa shape index (κ3) is 16.5. The van der Waals surface area contributed by atoms with Crippen molar-refractivity contribution in [2.24, 2.45) is 0 Å². The lowest BCUT2D eigenvalue weighted by Crippen LogP contribution is -2.35. The van der Waals surface area contributed by atoms with Crippen molar-refractivity contribution in [3.63, 3.8) is 0 Å². The normalized spacial score (nSPS) is 23.1. The molecule has 3 aliphatic rings. The van der Waals surface area contributed by atoms with Gasteiger partial charge in [-0.2, -0.15) is 0 Å². The number of anilines is 1. The highest BCUT2D eigenvalue weighted by Crippen LogP contribution is 2.31. The van der Waals surface area contributed by atoms with E-state index >= 15 is 0 Å². The van der Waals surface area contributed by atoms with Crippen LogP contribution in [-0.2, 0) is 52.4 Å². The molecular weight excluding hydrogens is 684 g/mol. The average molecular weight is 739 g/mol. The van der Waals surface area contributed by atoms with Gasteiger partial charge in [-0.3, -0.25) is 24.2 Å². The van der Waals surface area contributed by atoms with Crippen LogP contribution in [0.25, 0.3) is 0 Å². The number of fused-ring (bicyclic) bond motifs is 6. The summed E-state index contributed by atoms with van der Waals surface area (Å²) in [7, 11) is 0. The van der Waals surface area contributed by atoms with Gasteiger partial charge in [-0.15, -0.1) is 5.06 Å². The third-order valence-corrected chi connectivity index (χ3v) is 8.24. The van der Waals surface area contributed by atoms with E-state index in [9.17, 15) is 19.2 Å². The van der Waals surface area contributed by atoms with E-state index in [1.807, 2.05) is 0 Å². The molecule has 1 saturated heterocycles. The molecule has 0 aliphatic carbocycles. The number of benzene rings is 1. The van der Waals surface area contributed by atoms with E-state index in [1.54, 1.807) is 18.2 Å². The zero-order chi connectivity index (χ0) is 36.6. The van der Waals surface area contributed by atoms with Crippen LogP contribution in [0.15, 0.2) is 18.2 Å². The molecule has 3 aliphatic heterocycles. The molecule has 17 nitrogen and oxygen atoms in total. The van der Waals surface area contributed by atoms with Crippen LogP contribution in [0.4, 0.5) is 5.69 Å². The summed E-state index contributed by atoms with van der Waals surface area (Å²) in [6.07, 6.45) is 0.0895. The summed E-state index contributed by atoms with van der Waals surface area (Å²) in [5, 5.41) is 3.35. The van der Waals surface area contributed by atoms with Crippen LogP contribution in [0, 0.1) is 0 Å². The van der Waals surface area contributed by atoms with Crippen molar-refractivity contribution < 1.29 is 61.9 Å². The van der Waals surface area contributed by atoms with Crippen LogP contribution < -0.4 is 14.8 Å². The number of hydroxylamine groups is 2. The molecule has 292 valence electrons. The van der Waals surface area contributed by atoms with Crippen molar-refractivity contribution >= 4 is 29.4 Å². The Morgan fingerprint density at radius 2 is 1.02 bits per heavy atom. The maximum Gasteiger partial charge on any atom is 0.333 e. The summed E-state index contributed by atoms with van der Waals surface area (Å²) in [5.41, 5.74) is 0.498. The maximum atomic E-state index is 12.8. The van der Waals surface area contributed by atoms with Gasteiger partial charge in [0, 0.05) is 76.7 Å². The van der Waals surface area contributed by atoms with E-state index in [0.29, 0.717) is 154 Å². The third-order valence-electron chi connectivity index (χ3n) is 8.24. The lowest BCUT2D eigenvalue weighted by atomic mass is 10.2. The van der Waals surface area contributed by atoms with Crippen LogP contribution in [0.3, 0.4) is 0 Å². The summed E-state index contributed by atoms with van der Waals surface area (Å²) in [4.78, 5) is 57.6. The molecular formula is C35H54N4O13. The first-order valence-electron chi connectivity index (χ1n) is 18.1. The SMILES string of the molecule is O=C(CCCC(=O)ON1C(=O)CCC1=O)Nc1ccc2c(c1)OCCN1CCOCCOCCOCCN(CCOCCOCCOCC1)CCO2. The van der Waals surface area contributed by atoms with Crippen LogP contribution in [0.5, 0.6) is 11.5 Å². The van der Waals surface area contributed by atoms with Gasteiger partial charge >= 0.3 is 5.97 Å². The Morgan fingerprint density at radius 3 is 1.52 bits per heavy atom. The minimum absolute atomic E-state index is 0.0158. The predicted molar refractivity (Wildman–Crippen MR) is 185 cm³/mol. The van der Waals surface area contributed by atoms with Crippen molar-refractivity contribution in [3.05, 3.63) is 18.2 Å². The topological polar surface area (TPSA) is 173 Å². The van der Waals surface area contributed by atoms with Gasteiger partial charge in [-0.05, 0) is 18.6 Å². The van der Waals surface area contributed by atoms with Crippen molar-refractivity contribution in [1.29, 1.82) is 0 Å². The molecule has 0 saturated carbocycles. The largest absolute Gasteiger partial charge is 0.488 e. The minimum Gasteiger partial charge on any atom is -0.488 e. The Labute approximate surface area is 304 Å². The van der Waals surface area contributed by atoms with Crippen molar-refractivity contribution in [2.45, 2.75) is 32.1 Å². The fourth-order valence-electron chi connectivity index (χ4n) is 5.34. The van der Waals surface area contributed by atoms with Crippen molar-refractivity contribution in [2.75, 3.05) is 137 Å². The highest BCUT2D eigenvalue weighted by molar-refractivity contribution is 6.01. The van der Waals surface area contributed by atoms with Crippen LogP contribution >= 0.6 is 0 Å². The summed E-state index contributed by atoms with van der Waals surface area (Å²) in [6.45, 7) is 10.6. The zero-order valence-corrected chi connectivity index (χ0v) is 30.1.